The van der Waals surface area contributed by atoms with Crippen LogP contribution in [0.3, 0.4) is 0 Å². The van der Waals surface area contributed by atoms with Gasteiger partial charge in [0.1, 0.15) is 5.76 Å². The summed E-state index contributed by atoms with van der Waals surface area (Å²) in [5.74, 6) is 1.70. The van der Waals surface area contributed by atoms with Gasteiger partial charge in [-0.05, 0) is 31.5 Å². The normalized spacial score (nSPS) is 15.0. The van der Waals surface area contributed by atoms with E-state index in [1.54, 1.807) is 6.92 Å². The van der Waals surface area contributed by atoms with Crippen molar-refractivity contribution in [2.75, 3.05) is 13.2 Å². The average molecular weight is 302 g/mol. The third kappa shape index (κ3) is 2.90. The van der Waals surface area contributed by atoms with Crippen molar-refractivity contribution in [1.82, 2.24) is 10.3 Å². The SMILES string of the molecule is Cc1ocnc1C(=O)N[C@@H](C)c1ccc2c(c1)OCCCO2. The number of carbonyl (C=O) groups excluding carboxylic acids is 1. The van der Waals surface area contributed by atoms with Gasteiger partial charge < -0.3 is 19.2 Å². The topological polar surface area (TPSA) is 73.6 Å². The number of amides is 1. The Bertz CT molecular complexity index is 681. The molecule has 1 aliphatic rings. The van der Waals surface area contributed by atoms with Gasteiger partial charge in [-0.15, -0.1) is 0 Å². The first kappa shape index (κ1) is 14.4. The molecule has 0 unspecified atom stereocenters. The highest BCUT2D eigenvalue weighted by molar-refractivity contribution is 5.93. The number of fused-ring (bicyclic) bond motifs is 1. The molecule has 22 heavy (non-hydrogen) atoms. The van der Waals surface area contributed by atoms with Crippen LogP contribution in [0.5, 0.6) is 11.5 Å². The Morgan fingerprint density at radius 3 is 2.77 bits per heavy atom. The van der Waals surface area contributed by atoms with Crippen molar-refractivity contribution in [1.29, 1.82) is 0 Å². The van der Waals surface area contributed by atoms with E-state index in [9.17, 15) is 4.79 Å². The lowest BCUT2D eigenvalue weighted by atomic mass is 10.1. The molecule has 1 aliphatic heterocycles. The molecule has 1 aromatic heterocycles. The third-order valence-corrected chi connectivity index (χ3v) is 3.58. The Kier molecular flexibility index (Phi) is 4.00. The number of hydrogen-bond acceptors (Lipinski definition) is 5. The highest BCUT2D eigenvalue weighted by atomic mass is 16.5. The van der Waals surface area contributed by atoms with E-state index in [-0.39, 0.29) is 11.9 Å². The van der Waals surface area contributed by atoms with Gasteiger partial charge in [0.15, 0.2) is 23.6 Å². The molecule has 1 atom stereocenters. The second kappa shape index (κ2) is 6.09. The first-order chi connectivity index (χ1) is 10.6. The van der Waals surface area contributed by atoms with Crippen molar-refractivity contribution >= 4 is 5.91 Å². The molecule has 1 N–H and O–H groups in total. The first-order valence-electron chi connectivity index (χ1n) is 7.25. The van der Waals surface area contributed by atoms with Gasteiger partial charge in [0, 0.05) is 6.42 Å². The fourth-order valence-corrected chi connectivity index (χ4v) is 2.32. The summed E-state index contributed by atoms with van der Waals surface area (Å²) >= 11 is 0. The quantitative estimate of drug-likeness (QED) is 0.943. The molecule has 6 nitrogen and oxygen atoms in total. The Balaban J connectivity index is 1.75. The molecule has 1 aromatic carbocycles. The van der Waals surface area contributed by atoms with Crippen molar-refractivity contribution in [3.05, 3.63) is 41.6 Å². The minimum absolute atomic E-state index is 0.180. The van der Waals surface area contributed by atoms with Crippen LogP contribution < -0.4 is 14.8 Å². The third-order valence-electron chi connectivity index (χ3n) is 3.58. The second-order valence-electron chi connectivity index (χ2n) is 5.21. The van der Waals surface area contributed by atoms with Gasteiger partial charge in [0.2, 0.25) is 0 Å². The summed E-state index contributed by atoms with van der Waals surface area (Å²) in [4.78, 5) is 16.1. The Labute approximate surface area is 128 Å². The lowest BCUT2D eigenvalue weighted by Gasteiger charge is -2.16. The number of ether oxygens (including phenoxy) is 2. The van der Waals surface area contributed by atoms with E-state index in [0.717, 1.165) is 17.7 Å². The van der Waals surface area contributed by atoms with Gasteiger partial charge in [-0.2, -0.15) is 0 Å². The van der Waals surface area contributed by atoms with E-state index in [0.29, 0.717) is 30.4 Å². The smallest absolute Gasteiger partial charge is 0.273 e. The summed E-state index contributed by atoms with van der Waals surface area (Å²) < 4.78 is 16.3. The number of benzene rings is 1. The van der Waals surface area contributed by atoms with E-state index in [1.807, 2.05) is 25.1 Å². The fraction of sp³-hybridized carbons (Fsp3) is 0.375. The summed E-state index contributed by atoms with van der Waals surface area (Å²) in [6.07, 6.45) is 2.13. The van der Waals surface area contributed by atoms with Gasteiger partial charge in [-0.3, -0.25) is 4.79 Å². The predicted octanol–water partition coefficient (Wildman–Crippen LogP) is 2.64. The van der Waals surface area contributed by atoms with E-state index in [1.165, 1.54) is 6.39 Å². The maximum absolute atomic E-state index is 12.2. The van der Waals surface area contributed by atoms with Gasteiger partial charge in [-0.1, -0.05) is 6.07 Å². The predicted molar refractivity (Wildman–Crippen MR) is 79.2 cm³/mol. The zero-order valence-electron chi connectivity index (χ0n) is 12.6. The molecule has 0 radical (unpaired) electrons. The van der Waals surface area contributed by atoms with Crippen molar-refractivity contribution in [2.45, 2.75) is 26.3 Å². The highest BCUT2D eigenvalue weighted by Crippen LogP contribution is 2.32. The van der Waals surface area contributed by atoms with Crippen LogP contribution >= 0.6 is 0 Å². The van der Waals surface area contributed by atoms with Crippen molar-refractivity contribution in [2.24, 2.45) is 0 Å². The minimum atomic E-state index is -0.258. The van der Waals surface area contributed by atoms with Crippen LogP contribution in [0.25, 0.3) is 0 Å². The van der Waals surface area contributed by atoms with E-state index >= 15 is 0 Å². The van der Waals surface area contributed by atoms with Gasteiger partial charge >= 0.3 is 0 Å². The van der Waals surface area contributed by atoms with Gasteiger partial charge in [-0.25, -0.2) is 4.98 Å². The minimum Gasteiger partial charge on any atom is -0.490 e. The summed E-state index contributed by atoms with van der Waals surface area (Å²) in [6, 6.07) is 5.52. The Morgan fingerprint density at radius 1 is 1.27 bits per heavy atom. The summed E-state index contributed by atoms with van der Waals surface area (Å²) in [5, 5.41) is 2.90. The van der Waals surface area contributed by atoms with Crippen LogP contribution in [0.4, 0.5) is 0 Å². The van der Waals surface area contributed by atoms with E-state index in [2.05, 4.69) is 10.3 Å². The largest absolute Gasteiger partial charge is 0.490 e. The van der Waals surface area contributed by atoms with E-state index in [4.69, 9.17) is 13.9 Å². The van der Waals surface area contributed by atoms with Crippen molar-refractivity contribution in [3.63, 3.8) is 0 Å². The summed E-state index contributed by atoms with van der Waals surface area (Å²) in [7, 11) is 0. The highest BCUT2D eigenvalue weighted by Gasteiger charge is 2.18. The number of aromatic nitrogens is 1. The molecule has 116 valence electrons. The van der Waals surface area contributed by atoms with Crippen molar-refractivity contribution in [3.8, 4) is 11.5 Å². The lowest BCUT2D eigenvalue weighted by Crippen LogP contribution is -2.27. The molecule has 0 spiro atoms. The first-order valence-corrected chi connectivity index (χ1v) is 7.25. The number of aryl methyl sites for hydroxylation is 1. The summed E-state index contributed by atoms with van der Waals surface area (Å²) in [6.45, 7) is 4.91. The van der Waals surface area contributed by atoms with Crippen LogP contribution in [0, 0.1) is 6.92 Å². The molecule has 6 heteroatoms. The van der Waals surface area contributed by atoms with Crippen LogP contribution in [-0.4, -0.2) is 24.1 Å². The molecule has 2 aromatic rings. The molecule has 0 fully saturated rings. The molecule has 2 heterocycles. The maximum Gasteiger partial charge on any atom is 0.273 e. The fourth-order valence-electron chi connectivity index (χ4n) is 2.32. The Hall–Kier alpha value is -2.50. The van der Waals surface area contributed by atoms with Crippen LogP contribution in [0.1, 0.15) is 41.2 Å². The molecule has 0 saturated heterocycles. The van der Waals surface area contributed by atoms with Crippen molar-refractivity contribution < 1.29 is 18.7 Å². The number of rotatable bonds is 3. The number of carbonyl (C=O) groups is 1. The molecule has 0 aliphatic carbocycles. The number of nitrogens with zero attached hydrogens (tertiary/aromatic N) is 1. The summed E-state index contributed by atoms with van der Waals surface area (Å²) in [5.41, 5.74) is 1.25. The number of hydrogen-bond donors (Lipinski definition) is 1. The molecule has 0 saturated carbocycles. The molecular weight excluding hydrogens is 284 g/mol. The maximum atomic E-state index is 12.2. The standard InChI is InChI=1S/C16H18N2O4/c1-10(18-16(19)15-11(2)22-9-17-15)12-4-5-13-14(8-12)21-7-3-6-20-13/h4-5,8-10H,3,6-7H2,1-2H3,(H,18,19)/t10-/m0/s1. The number of nitrogens with one attached hydrogen (secondary N) is 1. The van der Waals surface area contributed by atoms with Crippen LogP contribution in [0.15, 0.2) is 29.0 Å². The van der Waals surface area contributed by atoms with Crippen LogP contribution in [0.2, 0.25) is 0 Å². The second-order valence-corrected chi connectivity index (χ2v) is 5.21. The Morgan fingerprint density at radius 2 is 2.05 bits per heavy atom. The zero-order chi connectivity index (χ0) is 15.5. The molecule has 1 amide bonds. The average Bonchev–Trinajstić information content (AvgIpc) is 2.80. The molecule has 3 rings (SSSR count). The lowest BCUT2D eigenvalue weighted by molar-refractivity contribution is 0.0934. The van der Waals surface area contributed by atoms with E-state index < -0.39 is 0 Å². The van der Waals surface area contributed by atoms with Gasteiger partial charge in [0.25, 0.3) is 5.91 Å². The number of oxazole rings is 1. The molecular formula is C16H18N2O4. The zero-order valence-corrected chi connectivity index (χ0v) is 12.6. The molecule has 0 bridgehead atoms. The van der Waals surface area contributed by atoms with Crippen LogP contribution in [-0.2, 0) is 0 Å². The monoisotopic (exact) mass is 302 g/mol. The van der Waals surface area contributed by atoms with Gasteiger partial charge in [0.05, 0.1) is 19.3 Å².